The summed E-state index contributed by atoms with van der Waals surface area (Å²) in [5.41, 5.74) is 2.35. The Labute approximate surface area is 235 Å². The number of amides is 2. The van der Waals surface area contributed by atoms with Crippen molar-refractivity contribution in [3.05, 3.63) is 45.8 Å². The Hall–Kier alpha value is -4.04. The van der Waals surface area contributed by atoms with E-state index in [1.54, 1.807) is 16.4 Å². The number of pyridine rings is 1. The maximum atomic E-state index is 15.5. The maximum absolute atomic E-state index is 15.5. The molecule has 220 valence electrons. The molecule has 0 spiro atoms. The summed E-state index contributed by atoms with van der Waals surface area (Å²) < 4.78 is 25.0. The highest BCUT2D eigenvalue weighted by molar-refractivity contribution is 6.00. The fourth-order valence-electron chi connectivity index (χ4n) is 5.29. The number of unbranched alkanes of at least 4 members (excludes halogenated alkanes) is 2. The van der Waals surface area contributed by atoms with E-state index in [4.69, 9.17) is 9.94 Å². The number of benzene rings is 1. The van der Waals surface area contributed by atoms with Gasteiger partial charge in [0.1, 0.15) is 23.6 Å². The first-order chi connectivity index (χ1) is 19.8. The largest absolute Gasteiger partial charge is 0.487 e. The van der Waals surface area contributed by atoms with Crippen molar-refractivity contribution in [3.8, 4) is 5.75 Å². The van der Waals surface area contributed by atoms with Crippen LogP contribution in [0.4, 0.5) is 10.1 Å². The predicted molar refractivity (Wildman–Crippen MR) is 148 cm³/mol. The minimum absolute atomic E-state index is 0.0631. The van der Waals surface area contributed by atoms with Gasteiger partial charge in [-0.05, 0) is 32.9 Å². The van der Waals surface area contributed by atoms with Gasteiger partial charge in [0, 0.05) is 45.3 Å². The molecule has 1 fully saturated rings. The van der Waals surface area contributed by atoms with Gasteiger partial charge in [-0.25, -0.2) is 9.87 Å². The molecule has 0 bridgehead atoms. The van der Waals surface area contributed by atoms with E-state index in [1.807, 2.05) is 23.4 Å². The number of piperazine rings is 1. The van der Waals surface area contributed by atoms with Crippen LogP contribution in [0.3, 0.4) is 0 Å². The number of aryl methyl sites for hydroxylation is 1. The van der Waals surface area contributed by atoms with Gasteiger partial charge in [-0.15, -0.1) is 5.10 Å². The Morgan fingerprint density at radius 2 is 1.95 bits per heavy atom. The van der Waals surface area contributed by atoms with Gasteiger partial charge in [0.05, 0.1) is 29.7 Å². The summed E-state index contributed by atoms with van der Waals surface area (Å²) in [6.07, 6.45) is 5.67. The average Bonchev–Trinajstić information content (AvgIpc) is 3.42. The molecule has 2 aliphatic heterocycles. The number of rotatable bonds is 10. The number of carbonyl (C=O) groups excluding carboxylic acids is 2. The van der Waals surface area contributed by atoms with Crippen LogP contribution in [-0.4, -0.2) is 81.3 Å². The van der Waals surface area contributed by atoms with E-state index >= 15 is 4.39 Å². The molecule has 13 nitrogen and oxygen atoms in total. The third-order valence-corrected chi connectivity index (χ3v) is 7.64. The lowest BCUT2D eigenvalue weighted by Gasteiger charge is -2.37. The van der Waals surface area contributed by atoms with Crippen molar-refractivity contribution in [2.45, 2.75) is 51.7 Å². The second kappa shape index (κ2) is 12.2. The van der Waals surface area contributed by atoms with Crippen molar-refractivity contribution in [1.29, 1.82) is 0 Å². The molecule has 3 aromatic rings. The number of hydrogen-bond acceptors (Lipinski definition) is 9. The smallest absolute Gasteiger partial charge is 0.257 e. The molecule has 0 unspecified atom stereocenters. The molecule has 41 heavy (non-hydrogen) atoms. The van der Waals surface area contributed by atoms with Crippen LogP contribution in [0.25, 0.3) is 10.9 Å². The summed E-state index contributed by atoms with van der Waals surface area (Å²) in [6, 6.07) is 1.06. The first kappa shape index (κ1) is 28.5. The standard InChI is InChI=1S/C27H35FN8O5/c1-17-16-41-26-23-19(12-21(28)24(26)34-10-8-33(2)9-11-34)25(38)20(15-36(17)23)27(39)29-13-18-14-35(32-30-18)7-5-3-4-6-22(37)31-40/h12,14-15,17,40H,3-11,13,16H2,1-2H3,(H,29,39)(H,31,37)/t17-/m0/s1. The second-order valence-electron chi connectivity index (χ2n) is 10.7. The summed E-state index contributed by atoms with van der Waals surface area (Å²) in [4.78, 5) is 41.8. The Kier molecular flexibility index (Phi) is 8.49. The fraction of sp³-hybridized carbons (Fsp3) is 0.519. The molecule has 14 heteroatoms. The maximum Gasteiger partial charge on any atom is 0.257 e. The fourth-order valence-corrected chi connectivity index (χ4v) is 5.29. The quantitative estimate of drug-likeness (QED) is 0.187. The molecule has 2 aliphatic rings. The van der Waals surface area contributed by atoms with Crippen molar-refractivity contribution in [2.75, 3.05) is 44.7 Å². The van der Waals surface area contributed by atoms with Gasteiger partial charge in [0.2, 0.25) is 11.3 Å². The molecular formula is C27H35FN8O5. The minimum Gasteiger partial charge on any atom is -0.487 e. The van der Waals surface area contributed by atoms with Crippen LogP contribution >= 0.6 is 0 Å². The van der Waals surface area contributed by atoms with E-state index < -0.39 is 23.1 Å². The van der Waals surface area contributed by atoms with Crippen LogP contribution in [0.2, 0.25) is 0 Å². The molecule has 1 atom stereocenters. The van der Waals surface area contributed by atoms with Gasteiger partial charge in [0.15, 0.2) is 11.6 Å². The molecule has 0 saturated carbocycles. The zero-order chi connectivity index (χ0) is 29.1. The van der Waals surface area contributed by atoms with Crippen LogP contribution in [0.1, 0.15) is 54.7 Å². The highest BCUT2D eigenvalue weighted by atomic mass is 19.1. The van der Waals surface area contributed by atoms with Gasteiger partial charge in [0.25, 0.3) is 5.91 Å². The van der Waals surface area contributed by atoms with Crippen LogP contribution in [0.5, 0.6) is 5.75 Å². The van der Waals surface area contributed by atoms with E-state index in [9.17, 15) is 14.4 Å². The normalized spacial score (nSPS) is 17.0. The zero-order valence-electron chi connectivity index (χ0n) is 23.2. The number of ether oxygens (including phenoxy) is 1. The number of carbonyl (C=O) groups is 2. The minimum atomic E-state index is -0.582. The third-order valence-electron chi connectivity index (χ3n) is 7.64. The Bertz CT molecular complexity index is 1500. The third kappa shape index (κ3) is 6.03. The lowest BCUT2D eigenvalue weighted by molar-refractivity contribution is -0.129. The Balaban J connectivity index is 1.31. The van der Waals surface area contributed by atoms with E-state index in [0.717, 1.165) is 25.9 Å². The molecule has 0 radical (unpaired) electrons. The van der Waals surface area contributed by atoms with Crippen LogP contribution in [-0.2, 0) is 17.9 Å². The number of aromatic nitrogens is 4. The lowest BCUT2D eigenvalue weighted by Crippen LogP contribution is -2.45. The van der Waals surface area contributed by atoms with E-state index in [0.29, 0.717) is 48.7 Å². The molecule has 5 rings (SSSR count). The number of nitrogens with one attached hydrogen (secondary N) is 2. The summed E-state index contributed by atoms with van der Waals surface area (Å²) >= 11 is 0. The molecule has 2 amide bonds. The Morgan fingerprint density at radius 1 is 1.17 bits per heavy atom. The van der Waals surface area contributed by atoms with Gasteiger partial charge < -0.3 is 24.4 Å². The monoisotopic (exact) mass is 570 g/mol. The number of hydroxylamine groups is 1. The molecule has 4 heterocycles. The molecule has 1 aromatic carbocycles. The average molecular weight is 571 g/mol. The highest BCUT2D eigenvalue weighted by Gasteiger charge is 2.31. The number of likely N-dealkylation sites (N-methyl/N-ethyl adjacent to an activating group) is 1. The lowest BCUT2D eigenvalue weighted by atomic mass is 10.0. The van der Waals surface area contributed by atoms with Crippen LogP contribution < -0.4 is 25.9 Å². The molecule has 1 saturated heterocycles. The number of hydrogen-bond donors (Lipinski definition) is 3. The van der Waals surface area contributed by atoms with E-state index in [1.165, 1.54) is 12.3 Å². The van der Waals surface area contributed by atoms with E-state index in [2.05, 4.69) is 20.5 Å². The van der Waals surface area contributed by atoms with E-state index in [-0.39, 0.29) is 36.6 Å². The summed E-state index contributed by atoms with van der Waals surface area (Å²) in [7, 11) is 2.02. The van der Waals surface area contributed by atoms with Crippen molar-refractivity contribution >= 4 is 28.4 Å². The summed E-state index contributed by atoms with van der Waals surface area (Å²) in [5, 5.41) is 19.5. The molecule has 3 N–H and O–H groups in total. The summed E-state index contributed by atoms with van der Waals surface area (Å²) in [6.45, 7) is 5.72. The zero-order valence-corrected chi connectivity index (χ0v) is 23.2. The van der Waals surface area contributed by atoms with Gasteiger partial charge >= 0.3 is 0 Å². The topological polar surface area (TPSA) is 147 Å². The van der Waals surface area contributed by atoms with Crippen molar-refractivity contribution in [2.24, 2.45) is 0 Å². The summed E-state index contributed by atoms with van der Waals surface area (Å²) in [5.74, 6) is -1.19. The van der Waals surface area contributed by atoms with Crippen molar-refractivity contribution < 1.29 is 23.9 Å². The SMILES string of the molecule is C[C@H]1COc2c(N3CCN(C)CC3)c(F)cc3c(=O)c(C(=O)NCc4cn(CCCCCC(=O)NO)nn4)cn1c23. The second-order valence-corrected chi connectivity index (χ2v) is 10.7. The number of nitrogens with zero attached hydrogens (tertiary/aromatic N) is 6. The molecule has 0 aliphatic carbocycles. The predicted octanol–water partition coefficient (Wildman–Crippen LogP) is 1.43. The van der Waals surface area contributed by atoms with Gasteiger partial charge in [-0.2, -0.15) is 0 Å². The van der Waals surface area contributed by atoms with Gasteiger partial charge in [-0.3, -0.25) is 24.3 Å². The van der Waals surface area contributed by atoms with Crippen molar-refractivity contribution in [3.63, 3.8) is 0 Å². The first-order valence-electron chi connectivity index (χ1n) is 13.8. The number of anilines is 1. The van der Waals surface area contributed by atoms with Crippen molar-refractivity contribution in [1.82, 2.24) is 35.3 Å². The highest BCUT2D eigenvalue weighted by Crippen LogP contribution is 2.42. The van der Waals surface area contributed by atoms with Crippen LogP contribution in [0, 0.1) is 5.82 Å². The van der Waals surface area contributed by atoms with Crippen LogP contribution in [0.15, 0.2) is 23.3 Å². The Morgan fingerprint density at radius 3 is 2.71 bits per heavy atom. The first-order valence-corrected chi connectivity index (χ1v) is 13.8. The van der Waals surface area contributed by atoms with Gasteiger partial charge in [-0.1, -0.05) is 11.6 Å². The number of halogens is 1. The molecule has 2 aromatic heterocycles. The molecular weight excluding hydrogens is 535 g/mol.